The van der Waals surface area contributed by atoms with Gasteiger partial charge < -0.3 is 11.1 Å². The second-order valence-corrected chi connectivity index (χ2v) is 6.35. The fraction of sp³-hybridized carbons (Fsp3) is 0.300. The van der Waals surface area contributed by atoms with Gasteiger partial charge in [-0.15, -0.1) is 12.4 Å². The quantitative estimate of drug-likeness (QED) is 0.564. The molecule has 0 aliphatic carbocycles. The zero-order valence-electron chi connectivity index (χ0n) is 14.6. The zero-order valence-corrected chi connectivity index (χ0v) is 15.4. The Kier molecular flexibility index (Phi) is 8.16. The van der Waals surface area contributed by atoms with E-state index in [1.807, 2.05) is 24.3 Å². The summed E-state index contributed by atoms with van der Waals surface area (Å²) in [5.41, 5.74) is 8.74. The summed E-state index contributed by atoms with van der Waals surface area (Å²) in [5, 5.41) is 2.73. The van der Waals surface area contributed by atoms with Gasteiger partial charge in [-0.1, -0.05) is 50.2 Å². The van der Waals surface area contributed by atoms with Gasteiger partial charge in [0.05, 0.1) is 11.4 Å². The molecule has 2 rings (SSSR count). The molecule has 0 fully saturated rings. The molecule has 0 saturated carbocycles. The van der Waals surface area contributed by atoms with Crippen molar-refractivity contribution in [3.8, 4) is 0 Å². The lowest BCUT2D eigenvalue weighted by Crippen LogP contribution is -2.14. The van der Waals surface area contributed by atoms with Gasteiger partial charge in [0.15, 0.2) is 5.78 Å². The highest BCUT2D eigenvalue weighted by molar-refractivity contribution is 6.00. The smallest absolute Gasteiger partial charge is 0.224 e. The second-order valence-electron chi connectivity index (χ2n) is 6.35. The Morgan fingerprint density at radius 3 is 2.24 bits per heavy atom. The molecule has 0 saturated heterocycles. The highest BCUT2D eigenvalue weighted by Gasteiger charge is 2.10. The Labute approximate surface area is 155 Å². The number of rotatable bonds is 7. The van der Waals surface area contributed by atoms with Crippen LogP contribution in [0.25, 0.3) is 0 Å². The van der Waals surface area contributed by atoms with Crippen LogP contribution in [-0.4, -0.2) is 11.7 Å². The minimum atomic E-state index is -0.210. The third-order valence-electron chi connectivity index (χ3n) is 3.73. The number of ketones is 1. The van der Waals surface area contributed by atoms with Crippen molar-refractivity contribution in [3.05, 3.63) is 59.7 Å². The van der Waals surface area contributed by atoms with Crippen molar-refractivity contribution in [2.45, 2.75) is 33.1 Å². The van der Waals surface area contributed by atoms with Gasteiger partial charge in [0.25, 0.3) is 0 Å². The Hall–Kier alpha value is -2.33. The van der Waals surface area contributed by atoms with Crippen molar-refractivity contribution < 1.29 is 9.59 Å². The molecule has 4 nitrogen and oxygen atoms in total. The maximum atomic E-state index is 12.2. The Morgan fingerprint density at radius 2 is 1.64 bits per heavy atom. The van der Waals surface area contributed by atoms with E-state index in [0.29, 0.717) is 22.9 Å². The molecular formula is C20H25ClN2O2. The number of hydrogen-bond acceptors (Lipinski definition) is 3. The van der Waals surface area contributed by atoms with Crippen LogP contribution in [-0.2, 0) is 11.2 Å². The summed E-state index contributed by atoms with van der Waals surface area (Å²) < 4.78 is 0. The molecule has 0 unspecified atom stereocenters. The minimum absolute atomic E-state index is 0. The van der Waals surface area contributed by atoms with Crippen LogP contribution in [0.4, 0.5) is 11.4 Å². The van der Waals surface area contributed by atoms with Crippen molar-refractivity contribution in [2.75, 3.05) is 11.1 Å². The first-order chi connectivity index (χ1) is 11.5. The molecule has 25 heavy (non-hydrogen) atoms. The highest BCUT2D eigenvalue weighted by atomic mass is 35.5. The molecule has 0 aliphatic rings. The Balaban J connectivity index is 0.00000312. The van der Waals surface area contributed by atoms with E-state index >= 15 is 0 Å². The average molecular weight is 361 g/mol. The standard InChI is InChI=1S/C20H24N2O2.ClH/c1-14(2)13-15-7-9-16(10-8-15)19(23)11-12-20(24)22-18-6-4-3-5-17(18)21;/h3-10,14H,11-13,21H2,1-2H3,(H,22,24);1H. The van der Waals surface area contributed by atoms with E-state index < -0.39 is 0 Å². The Morgan fingerprint density at radius 1 is 1.00 bits per heavy atom. The first kappa shape index (κ1) is 20.7. The number of halogens is 1. The molecule has 0 heterocycles. The molecule has 134 valence electrons. The maximum absolute atomic E-state index is 12.2. The number of anilines is 2. The SMILES string of the molecule is CC(C)Cc1ccc(C(=O)CCC(=O)Nc2ccccc2N)cc1.Cl. The van der Waals surface area contributed by atoms with Crippen LogP contribution in [0.5, 0.6) is 0 Å². The molecule has 0 atom stereocenters. The summed E-state index contributed by atoms with van der Waals surface area (Å²) in [6.07, 6.45) is 1.32. The largest absolute Gasteiger partial charge is 0.397 e. The van der Waals surface area contributed by atoms with Gasteiger partial charge in [-0.3, -0.25) is 9.59 Å². The van der Waals surface area contributed by atoms with E-state index in [0.717, 1.165) is 6.42 Å². The van der Waals surface area contributed by atoms with E-state index in [-0.39, 0.29) is 36.9 Å². The average Bonchev–Trinajstić information content (AvgIpc) is 2.55. The summed E-state index contributed by atoms with van der Waals surface area (Å²) >= 11 is 0. The zero-order chi connectivity index (χ0) is 17.5. The van der Waals surface area contributed by atoms with Gasteiger partial charge in [0.1, 0.15) is 0 Å². The van der Waals surface area contributed by atoms with Gasteiger partial charge in [-0.05, 0) is 30.0 Å². The third-order valence-corrected chi connectivity index (χ3v) is 3.73. The number of carbonyl (C=O) groups excluding carboxylic acids is 2. The van der Waals surface area contributed by atoms with Crippen LogP contribution in [0.1, 0.15) is 42.6 Å². The van der Waals surface area contributed by atoms with Gasteiger partial charge in [-0.2, -0.15) is 0 Å². The molecule has 3 N–H and O–H groups in total. The molecule has 5 heteroatoms. The van der Waals surface area contributed by atoms with Crippen LogP contribution < -0.4 is 11.1 Å². The number of nitrogens with two attached hydrogens (primary N) is 1. The number of nitrogens with one attached hydrogen (secondary N) is 1. The van der Waals surface area contributed by atoms with E-state index in [1.54, 1.807) is 24.3 Å². The predicted molar refractivity (Wildman–Crippen MR) is 105 cm³/mol. The van der Waals surface area contributed by atoms with Crippen LogP contribution in [0.15, 0.2) is 48.5 Å². The molecule has 2 aromatic rings. The van der Waals surface area contributed by atoms with Crippen molar-refractivity contribution in [3.63, 3.8) is 0 Å². The maximum Gasteiger partial charge on any atom is 0.224 e. The normalized spacial score (nSPS) is 10.2. The molecular weight excluding hydrogens is 336 g/mol. The number of para-hydroxylation sites is 2. The van der Waals surface area contributed by atoms with Crippen LogP contribution in [0.3, 0.4) is 0 Å². The number of nitrogen functional groups attached to an aromatic ring is 1. The third kappa shape index (κ3) is 6.59. The molecule has 1 amide bonds. The van der Waals surface area contributed by atoms with Gasteiger partial charge in [-0.25, -0.2) is 0 Å². The lowest BCUT2D eigenvalue weighted by atomic mass is 9.99. The first-order valence-electron chi connectivity index (χ1n) is 8.22. The second kappa shape index (κ2) is 9.84. The number of carbonyl (C=O) groups is 2. The molecule has 2 aromatic carbocycles. The monoisotopic (exact) mass is 360 g/mol. The molecule has 0 spiro atoms. The molecule has 0 radical (unpaired) electrons. The summed E-state index contributed by atoms with van der Waals surface area (Å²) in [6, 6.07) is 14.7. The number of Topliss-reactive ketones (excluding diaryl/α,β-unsaturated/α-hetero) is 1. The molecule has 0 aromatic heterocycles. The fourth-order valence-electron chi connectivity index (χ4n) is 2.49. The fourth-order valence-corrected chi connectivity index (χ4v) is 2.49. The van der Waals surface area contributed by atoms with Crippen LogP contribution >= 0.6 is 12.4 Å². The van der Waals surface area contributed by atoms with E-state index in [9.17, 15) is 9.59 Å². The lowest BCUT2D eigenvalue weighted by Gasteiger charge is -2.08. The highest BCUT2D eigenvalue weighted by Crippen LogP contribution is 2.17. The summed E-state index contributed by atoms with van der Waals surface area (Å²) in [5.74, 6) is 0.348. The van der Waals surface area contributed by atoms with E-state index in [2.05, 4.69) is 19.2 Å². The number of amides is 1. The summed E-state index contributed by atoms with van der Waals surface area (Å²) in [7, 11) is 0. The van der Waals surface area contributed by atoms with Crippen LogP contribution in [0.2, 0.25) is 0 Å². The van der Waals surface area contributed by atoms with Crippen molar-refractivity contribution in [2.24, 2.45) is 5.92 Å². The number of benzene rings is 2. The van der Waals surface area contributed by atoms with E-state index in [1.165, 1.54) is 5.56 Å². The first-order valence-corrected chi connectivity index (χ1v) is 8.22. The molecule has 0 bridgehead atoms. The van der Waals surface area contributed by atoms with Gasteiger partial charge >= 0.3 is 0 Å². The van der Waals surface area contributed by atoms with Crippen molar-refractivity contribution in [1.29, 1.82) is 0 Å². The van der Waals surface area contributed by atoms with Crippen LogP contribution in [0, 0.1) is 5.92 Å². The number of hydrogen-bond donors (Lipinski definition) is 2. The predicted octanol–water partition coefficient (Wildman–Crippen LogP) is 4.49. The topological polar surface area (TPSA) is 72.2 Å². The summed E-state index contributed by atoms with van der Waals surface area (Å²) in [6.45, 7) is 4.33. The Bertz CT molecular complexity index is 712. The minimum Gasteiger partial charge on any atom is -0.397 e. The van der Waals surface area contributed by atoms with E-state index in [4.69, 9.17) is 5.73 Å². The van der Waals surface area contributed by atoms with Crippen molar-refractivity contribution >= 4 is 35.5 Å². The molecule has 0 aliphatic heterocycles. The lowest BCUT2D eigenvalue weighted by molar-refractivity contribution is -0.116. The van der Waals surface area contributed by atoms with Gasteiger partial charge in [0, 0.05) is 18.4 Å². The van der Waals surface area contributed by atoms with Gasteiger partial charge in [0.2, 0.25) is 5.91 Å². The van der Waals surface area contributed by atoms with Crippen molar-refractivity contribution in [1.82, 2.24) is 0 Å². The summed E-state index contributed by atoms with van der Waals surface area (Å²) in [4.78, 5) is 24.2.